The summed E-state index contributed by atoms with van der Waals surface area (Å²) in [4.78, 5) is 10.1. The molecule has 62 valence electrons. The van der Waals surface area contributed by atoms with Crippen molar-refractivity contribution in [3.63, 3.8) is 0 Å². The zero-order chi connectivity index (χ0) is 8.57. The molecule has 0 bridgehead atoms. The summed E-state index contributed by atoms with van der Waals surface area (Å²) in [5.74, 6) is 0.954. The molecular weight excluding hydrogens is 126 g/mol. The normalized spacial score (nSPS) is 8.60. The van der Waals surface area contributed by atoms with Gasteiger partial charge in [0.25, 0.3) is 0 Å². The smallest absolute Gasteiger partial charge is 0.146 e. The third-order valence-corrected chi connectivity index (χ3v) is 0.622. The van der Waals surface area contributed by atoms with Gasteiger partial charge in [0.05, 0.1) is 6.54 Å². The number of hydrogen-bond donors (Lipinski definition) is 1. The van der Waals surface area contributed by atoms with E-state index in [1.54, 1.807) is 6.92 Å². The van der Waals surface area contributed by atoms with E-state index in [9.17, 15) is 4.79 Å². The van der Waals surface area contributed by atoms with Crippen LogP contribution in [0.5, 0.6) is 0 Å². The van der Waals surface area contributed by atoms with Gasteiger partial charge in [-0.1, -0.05) is 27.7 Å². The predicted octanol–water partition coefficient (Wildman–Crippen LogP) is 1.59. The van der Waals surface area contributed by atoms with E-state index in [1.807, 2.05) is 0 Å². The van der Waals surface area contributed by atoms with Crippen molar-refractivity contribution >= 4 is 5.78 Å². The van der Waals surface area contributed by atoms with E-state index in [1.165, 1.54) is 0 Å². The Hall–Kier alpha value is -0.370. The first-order valence-electron chi connectivity index (χ1n) is 3.76. The molecule has 0 aliphatic heterocycles. The molecule has 0 unspecified atom stereocenters. The second kappa shape index (κ2) is 8.63. The van der Waals surface area contributed by atoms with Crippen LogP contribution in [0.4, 0.5) is 0 Å². The fourth-order valence-electron chi connectivity index (χ4n) is 0.144. The van der Waals surface area contributed by atoms with Crippen molar-refractivity contribution < 1.29 is 4.79 Å². The Morgan fingerprint density at radius 2 is 1.70 bits per heavy atom. The van der Waals surface area contributed by atoms with Gasteiger partial charge in [-0.25, -0.2) is 0 Å². The molecule has 0 aromatic rings. The van der Waals surface area contributed by atoms with Crippen molar-refractivity contribution in [2.24, 2.45) is 11.7 Å². The molecule has 0 aromatic heterocycles. The number of ketones is 1. The minimum atomic E-state index is 0.120. The van der Waals surface area contributed by atoms with E-state index in [-0.39, 0.29) is 12.3 Å². The zero-order valence-electron chi connectivity index (χ0n) is 7.48. The maximum atomic E-state index is 10.1. The first kappa shape index (κ1) is 12.3. The van der Waals surface area contributed by atoms with E-state index in [4.69, 9.17) is 5.73 Å². The van der Waals surface area contributed by atoms with Crippen LogP contribution in [0.25, 0.3) is 0 Å². The van der Waals surface area contributed by atoms with Crippen molar-refractivity contribution in [3.8, 4) is 0 Å². The highest BCUT2D eigenvalue weighted by atomic mass is 16.1. The fraction of sp³-hybridized carbons (Fsp3) is 0.875. The molecule has 0 radical (unpaired) electrons. The second-order valence-electron chi connectivity index (χ2n) is 2.83. The number of hydrogen-bond acceptors (Lipinski definition) is 2. The number of carbonyl (C=O) groups excluding carboxylic acids is 1. The summed E-state index contributed by atoms with van der Waals surface area (Å²) in [5.41, 5.74) is 4.93. The van der Waals surface area contributed by atoms with Gasteiger partial charge in [-0.3, -0.25) is 4.79 Å². The zero-order valence-corrected chi connectivity index (χ0v) is 7.48. The SMILES string of the molecule is CC(C)C.CCC(=O)CN. The van der Waals surface area contributed by atoms with Gasteiger partial charge in [-0.05, 0) is 5.92 Å². The summed E-state index contributed by atoms with van der Waals surface area (Å²) >= 11 is 0. The average molecular weight is 145 g/mol. The topological polar surface area (TPSA) is 43.1 Å². The van der Waals surface area contributed by atoms with Gasteiger partial charge in [0.1, 0.15) is 5.78 Å². The van der Waals surface area contributed by atoms with Gasteiger partial charge in [0, 0.05) is 6.42 Å². The second-order valence-corrected chi connectivity index (χ2v) is 2.83. The molecule has 0 aromatic carbocycles. The van der Waals surface area contributed by atoms with Gasteiger partial charge in [-0.2, -0.15) is 0 Å². The molecule has 0 saturated heterocycles. The Morgan fingerprint density at radius 3 is 1.70 bits per heavy atom. The van der Waals surface area contributed by atoms with Gasteiger partial charge in [0.2, 0.25) is 0 Å². The lowest BCUT2D eigenvalue weighted by Crippen LogP contribution is -2.11. The number of carbonyl (C=O) groups is 1. The van der Waals surface area contributed by atoms with Crippen LogP contribution in [0.15, 0.2) is 0 Å². The van der Waals surface area contributed by atoms with E-state index in [0.717, 1.165) is 5.92 Å². The van der Waals surface area contributed by atoms with E-state index < -0.39 is 0 Å². The van der Waals surface area contributed by atoms with Crippen molar-refractivity contribution in [2.45, 2.75) is 34.1 Å². The molecule has 0 heterocycles. The first-order chi connectivity index (χ1) is 4.54. The highest BCUT2D eigenvalue weighted by Crippen LogP contribution is 1.81. The standard InChI is InChI=1S/C4H9NO.C4H10/c1-2-4(6)3-5;1-4(2)3/h2-3,5H2,1H3;4H,1-3H3. The monoisotopic (exact) mass is 145 g/mol. The van der Waals surface area contributed by atoms with Gasteiger partial charge < -0.3 is 5.73 Å². The van der Waals surface area contributed by atoms with E-state index >= 15 is 0 Å². The lowest BCUT2D eigenvalue weighted by molar-refractivity contribution is -0.117. The predicted molar refractivity (Wildman–Crippen MR) is 44.9 cm³/mol. The fourth-order valence-corrected chi connectivity index (χ4v) is 0.144. The summed E-state index contributed by atoms with van der Waals surface area (Å²) in [7, 11) is 0. The molecule has 10 heavy (non-hydrogen) atoms. The Bertz CT molecular complexity index is 70.6. The van der Waals surface area contributed by atoms with E-state index in [0.29, 0.717) is 6.42 Å². The van der Waals surface area contributed by atoms with Crippen molar-refractivity contribution in [3.05, 3.63) is 0 Å². The third kappa shape index (κ3) is 25.5. The summed E-state index contributed by atoms with van der Waals surface area (Å²) in [5, 5.41) is 0. The third-order valence-electron chi connectivity index (χ3n) is 0.622. The Balaban J connectivity index is 0. The molecular formula is C8H19NO. The maximum absolute atomic E-state index is 10.1. The summed E-state index contributed by atoms with van der Waals surface area (Å²) < 4.78 is 0. The van der Waals surface area contributed by atoms with Crippen LogP contribution < -0.4 is 5.73 Å². The molecule has 0 amide bonds. The Labute approximate surface area is 63.8 Å². The highest BCUT2D eigenvalue weighted by Gasteiger charge is 1.87. The van der Waals surface area contributed by atoms with Crippen LogP contribution in [0.1, 0.15) is 34.1 Å². The number of nitrogens with two attached hydrogens (primary N) is 1. The molecule has 0 saturated carbocycles. The van der Waals surface area contributed by atoms with Crippen LogP contribution in [-0.2, 0) is 4.79 Å². The molecule has 2 N–H and O–H groups in total. The maximum Gasteiger partial charge on any atom is 0.146 e. The minimum absolute atomic E-state index is 0.120. The number of Topliss-reactive ketones (excluding diaryl/α,β-unsaturated/α-hetero) is 1. The van der Waals surface area contributed by atoms with Crippen LogP contribution in [-0.4, -0.2) is 12.3 Å². The summed E-state index contributed by atoms with van der Waals surface area (Å²) in [6.45, 7) is 8.49. The quantitative estimate of drug-likeness (QED) is 0.641. The number of rotatable bonds is 2. The first-order valence-corrected chi connectivity index (χ1v) is 3.76. The van der Waals surface area contributed by atoms with Gasteiger partial charge >= 0.3 is 0 Å². The summed E-state index contributed by atoms with van der Waals surface area (Å²) in [6, 6.07) is 0. The van der Waals surface area contributed by atoms with Crippen molar-refractivity contribution in [1.29, 1.82) is 0 Å². The highest BCUT2D eigenvalue weighted by molar-refractivity contribution is 5.79. The van der Waals surface area contributed by atoms with Crippen molar-refractivity contribution in [2.75, 3.05) is 6.54 Å². The molecule has 0 atom stereocenters. The largest absolute Gasteiger partial charge is 0.324 e. The van der Waals surface area contributed by atoms with Gasteiger partial charge in [-0.15, -0.1) is 0 Å². The molecule has 2 heteroatoms. The van der Waals surface area contributed by atoms with Crippen LogP contribution in [0, 0.1) is 5.92 Å². The van der Waals surface area contributed by atoms with E-state index in [2.05, 4.69) is 20.8 Å². The minimum Gasteiger partial charge on any atom is -0.324 e. The molecule has 0 aliphatic rings. The van der Waals surface area contributed by atoms with Crippen LogP contribution in [0.3, 0.4) is 0 Å². The average Bonchev–Trinajstić information content (AvgIpc) is 1.85. The molecule has 0 spiro atoms. The van der Waals surface area contributed by atoms with Crippen LogP contribution in [0.2, 0.25) is 0 Å². The lowest BCUT2D eigenvalue weighted by Gasteiger charge is -1.82. The molecule has 0 rings (SSSR count). The molecule has 0 fully saturated rings. The molecule has 0 aliphatic carbocycles. The Kier molecular flexibility index (Phi) is 10.6. The lowest BCUT2D eigenvalue weighted by atomic mass is 10.3. The summed E-state index contributed by atoms with van der Waals surface area (Å²) in [6.07, 6.45) is 0.566. The van der Waals surface area contributed by atoms with Gasteiger partial charge in [0.15, 0.2) is 0 Å². The van der Waals surface area contributed by atoms with Crippen molar-refractivity contribution in [1.82, 2.24) is 0 Å². The molecule has 2 nitrogen and oxygen atoms in total. The van der Waals surface area contributed by atoms with Crippen LogP contribution >= 0.6 is 0 Å². The Morgan fingerprint density at radius 1 is 1.40 bits per heavy atom.